The second-order valence-corrected chi connectivity index (χ2v) is 6.33. The maximum Gasteiger partial charge on any atom is 0.320 e. The number of hydrogen-bond acceptors (Lipinski definition) is 5. The maximum atomic E-state index is 12.4. The van der Waals surface area contributed by atoms with Crippen molar-refractivity contribution in [1.82, 2.24) is 14.7 Å². The lowest BCUT2D eigenvalue weighted by Crippen LogP contribution is -2.53. The van der Waals surface area contributed by atoms with Gasteiger partial charge in [-0.25, -0.2) is 4.79 Å². The first kappa shape index (κ1) is 20.8. The Balaban J connectivity index is 1.85. The van der Waals surface area contributed by atoms with Crippen LogP contribution in [0.5, 0.6) is 11.5 Å². The summed E-state index contributed by atoms with van der Waals surface area (Å²) < 4.78 is 10.5. The van der Waals surface area contributed by atoms with Crippen LogP contribution in [0.4, 0.5) is 10.5 Å². The third kappa shape index (κ3) is 5.50. The molecule has 0 aromatic heterocycles. The Morgan fingerprint density at radius 3 is 2.30 bits per heavy atom. The van der Waals surface area contributed by atoms with E-state index in [1.165, 1.54) is 0 Å². The first-order chi connectivity index (χ1) is 13.0. The monoisotopic (exact) mass is 378 g/mol. The SMILES string of the molecule is CCN(CC)C(=O)N1CCN(CC(=O)Nc2ccc(OC)cc2OC)CC1. The first-order valence-electron chi connectivity index (χ1n) is 9.30. The fourth-order valence-electron chi connectivity index (χ4n) is 3.09. The molecule has 0 bridgehead atoms. The van der Waals surface area contributed by atoms with E-state index in [0.717, 1.165) is 0 Å². The van der Waals surface area contributed by atoms with Gasteiger partial charge >= 0.3 is 6.03 Å². The Morgan fingerprint density at radius 1 is 1.07 bits per heavy atom. The molecule has 0 unspecified atom stereocenters. The predicted molar refractivity (Wildman–Crippen MR) is 105 cm³/mol. The number of carbonyl (C=O) groups is 2. The summed E-state index contributed by atoms with van der Waals surface area (Å²) in [6, 6.07) is 5.34. The average molecular weight is 378 g/mol. The fourth-order valence-corrected chi connectivity index (χ4v) is 3.09. The molecule has 0 radical (unpaired) electrons. The van der Waals surface area contributed by atoms with Crippen LogP contribution in [-0.2, 0) is 4.79 Å². The molecule has 0 spiro atoms. The number of hydrogen-bond donors (Lipinski definition) is 1. The molecular formula is C19H30N4O4. The number of nitrogens with zero attached hydrogens (tertiary/aromatic N) is 3. The molecule has 8 nitrogen and oxygen atoms in total. The van der Waals surface area contributed by atoms with Gasteiger partial charge in [0.25, 0.3) is 0 Å². The molecule has 1 aliphatic rings. The second-order valence-electron chi connectivity index (χ2n) is 6.33. The van der Waals surface area contributed by atoms with Crippen LogP contribution in [-0.4, -0.2) is 86.7 Å². The lowest BCUT2D eigenvalue weighted by molar-refractivity contribution is -0.117. The van der Waals surface area contributed by atoms with Gasteiger partial charge < -0.3 is 24.6 Å². The van der Waals surface area contributed by atoms with Crippen LogP contribution >= 0.6 is 0 Å². The molecule has 1 saturated heterocycles. The molecule has 8 heteroatoms. The van der Waals surface area contributed by atoms with E-state index in [4.69, 9.17) is 9.47 Å². The van der Waals surface area contributed by atoms with E-state index in [9.17, 15) is 9.59 Å². The largest absolute Gasteiger partial charge is 0.497 e. The standard InChI is InChI=1S/C19H30N4O4/c1-5-22(6-2)19(25)23-11-9-21(10-12-23)14-18(24)20-16-8-7-15(26-3)13-17(16)27-4/h7-8,13H,5-6,9-12,14H2,1-4H3,(H,20,24). The highest BCUT2D eigenvalue weighted by Gasteiger charge is 2.25. The third-order valence-electron chi connectivity index (χ3n) is 4.73. The normalized spacial score (nSPS) is 14.6. The second kappa shape index (κ2) is 10.0. The molecule has 1 heterocycles. The number of rotatable bonds is 7. The minimum atomic E-state index is -0.109. The topological polar surface area (TPSA) is 74.4 Å². The Kier molecular flexibility index (Phi) is 7.72. The van der Waals surface area contributed by atoms with Crippen LogP contribution in [0.3, 0.4) is 0 Å². The number of anilines is 1. The fraction of sp³-hybridized carbons (Fsp3) is 0.579. The Hall–Kier alpha value is -2.48. The predicted octanol–water partition coefficient (Wildman–Crippen LogP) is 1.72. The summed E-state index contributed by atoms with van der Waals surface area (Å²) in [5.41, 5.74) is 0.610. The molecular weight excluding hydrogens is 348 g/mol. The molecule has 1 aromatic carbocycles. The highest BCUT2D eigenvalue weighted by molar-refractivity contribution is 5.93. The van der Waals surface area contributed by atoms with Crippen molar-refractivity contribution in [1.29, 1.82) is 0 Å². The number of benzene rings is 1. The zero-order valence-corrected chi connectivity index (χ0v) is 16.7. The minimum Gasteiger partial charge on any atom is -0.497 e. The summed E-state index contributed by atoms with van der Waals surface area (Å²) in [4.78, 5) is 30.5. The van der Waals surface area contributed by atoms with Crippen molar-refractivity contribution in [2.45, 2.75) is 13.8 Å². The van der Waals surface area contributed by atoms with E-state index >= 15 is 0 Å². The van der Waals surface area contributed by atoms with Crippen molar-refractivity contribution in [3.05, 3.63) is 18.2 Å². The highest BCUT2D eigenvalue weighted by Crippen LogP contribution is 2.28. The van der Waals surface area contributed by atoms with Crippen LogP contribution < -0.4 is 14.8 Å². The number of amides is 3. The van der Waals surface area contributed by atoms with Gasteiger partial charge in [-0.1, -0.05) is 0 Å². The Morgan fingerprint density at radius 2 is 1.74 bits per heavy atom. The number of ether oxygens (including phenoxy) is 2. The highest BCUT2D eigenvalue weighted by atomic mass is 16.5. The molecule has 0 atom stereocenters. The van der Waals surface area contributed by atoms with E-state index in [2.05, 4.69) is 10.2 Å². The van der Waals surface area contributed by atoms with Crippen LogP contribution in [0.15, 0.2) is 18.2 Å². The summed E-state index contributed by atoms with van der Waals surface area (Å²) in [6.45, 7) is 8.29. The average Bonchev–Trinajstić information content (AvgIpc) is 2.69. The van der Waals surface area contributed by atoms with E-state index in [1.54, 1.807) is 32.4 Å². The molecule has 1 aromatic rings. The minimum absolute atomic E-state index is 0.0760. The van der Waals surface area contributed by atoms with Crippen molar-refractivity contribution >= 4 is 17.6 Å². The van der Waals surface area contributed by atoms with Crippen LogP contribution in [0, 0.1) is 0 Å². The molecule has 1 N–H and O–H groups in total. The van der Waals surface area contributed by atoms with Crippen LogP contribution in [0.1, 0.15) is 13.8 Å². The smallest absolute Gasteiger partial charge is 0.320 e. The number of urea groups is 1. The van der Waals surface area contributed by atoms with Gasteiger partial charge in [0.1, 0.15) is 11.5 Å². The number of piperazine rings is 1. The molecule has 150 valence electrons. The van der Waals surface area contributed by atoms with Crippen LogP contribution in [0.25, 0.3) is 0 Å². The van der Waals surface area contributed by atoms with Crippen molar-refractivity contribution in [3.8, 4) is 11.5 Å². The molecule has 1 fully saturated rings. The maximum absolute atomic E-state index is 12.4. The number of carbonyl (C=O) groups excluding carboxylic acids is 2. The van der Waals surface area contributed by atoms with Gasteiger partial charge in [0, 0.05) is 45.3 Å². The molecule has 0 saturated carbocycles. The zero-order valence-electron chi connectivity index (χ0n) is 16.7. The van der Waals surface area contributed by atoms with Gasteiger partial charge in [-0.05, 0) is 26.0 Å². The summed E-state index contributed by atoms with van der Waals surface area (Å²) >= 11 is 0. The summed E-state index contributed by atoms with van der Waals surface area (Å²) in [5, 5.41) is 2.88. The lowest BCUT2D eigenvalue weighted by atomic mass is 10.2. The molecule has 1 aliphatic heterocycles. The van der Waals surface area contributed by atoms with E-state index in [-0.39, 0.29) is 18.5 Å². The number of nitrogens with one attached hydrogen (secondary N) is 1. The van der Waals surface area contributed by atoms with E-state index in [1.807, 2.05) is 23.6 Å². The molecule has 2 rings (SSSR count). The summed E-state index contributed by atoms with van der Waals surface area (Å²) in [6.07, 6.45) is 0. The van der Waals surface area contributed by atoms with Crippen molar-refractivity contribution < 1.29 is 19.1 Å². The van der Waals surface area contributed by atoms with Gasteiger partial charge in [0.2, 0.25) is 5.91 Å². The third-order valence-corrected chi connectivity index (χ3v) is 4.73. The molecule has 27 heavy (non-hydrogen) atoms. The number of methoxy groups -OCH3 is 2. The van der Waals surface area contributed by atoms with Gasteiger partial charge in [0.15, 0.2) is 0 Å². The van der Waals surface area contributed by atoms with Gasteiger partial charge in [-0.15, -0.1) is 0 Å². The van der Waals surface area contributed by atoms with Gasteiger partial charge in [-0.2, -0.15) is 0 Å². The molecule has 3 amide bonds. The van der Waals surface area contributed by atoms with E-state index < -0.39 is 0 Å². The zero-order chi connectivity index (χ0) is 19.8. The quantitative estimate of drug-likeness (QED) is 0.782. The Labute approximate surface area is 161 Å². The Bertz CT molecular complexity index is 641. The molecule has 0 aliphatic carbocycles. The van der Waals surface area contributed by atoms with Crippen LogP contribution in [0.2, 0.25) is 0 Å². The van der Waals surface area contributed by atoms with Crippen molar-refractivity contribution in [3.63, 3.8) is 0 Å². The van der Waals surface area contributed by atoms with Crippen molar-refractivity contribution in [2.75, 3.05) is 65.3 Å². The first-order valence-corrected chi connectivity index (χ1v) is 9.30. The summed E-state index contributed by atoms with van der Waals surface area (Å²) in [5.74, 6) is 1.11. The van der Waals surface area contributed by atoms with Gasteiger partial charge in [0.05, 0.1) is 26.5 Å². The summed E-state index contributed by atoms with van der Waals surface area (Å²) in [7, 11) is 3.13. The van der Waals surface area contributed by atoms with Gasteiger partial charge in [-0.3, -0.25) is 9.69 Å². The van der Waals surface area contributed by atoms with Crippen molar-refractivity contribution in [2.24, 2.45) is 0 Å². The van der Waals surface area contributed by atoms with E-state index in [0.29, 0.717) is 56.5 Å². The lowest BCUT2D eigenvalue weighted by Gasteiger charge is -2.36.